The Labute approximate surface area is 98.7 Å². The summed E-state index contributed by atoms with van der Waals surface area (Å²) in [5.41, 5.74) is 4.75. The van der Waals surface area contributed by atoms with E-state index in [9.17, 15) is 5.11 Å². The van der Waals surface area contributed by atoms with Crippen LogP contribution >= 0.6 is 0 Å². The number of nitrogens with zero attached hydrogens (tertiary/aromatic N) is 3. The maximum absolute atomic E-state index is 9.98. The van der Waals surface area contributed by atoms with Gasteiger partial charge in [0.25, 0.3) is 0 Å². The van der Waals surface area contributed by atoms with Crippen LogP contribution in [0.4, 0.5) is 0 Å². The third-order valence-corrected chi connectivity index (χ3v) is 3.23. The van der Waals surface area contributed by atoms with E-state index in [1.54, 1.807) is 6.20 Å². The molecule has 1 unspecified atom stereocenters. The van der Waals surface area contributed by atoms with E-state index >= 15 is 0 Å². The van der Waals surface area contributed by atoms with Crippen LogP contribution in [0.15, 0.2) is 6.20 Å². The number of hydrogen-bond donors (Lipinski definition) is 3. The second kappa shape index (κ2) is 3.68. The van der Waals surface area contributed by atoms with Crippen LogP contribution in [0.25, 0.3) is 5.69 Å². The summed E-state index contributed by atoms with van der Waals surface area (Å²) < 4.78 is 1.85. The highest BCUT2D eigenvalue weighted by Gasteiger charge is 2.25. The molecule has 90 valence electrons. The fourth-order valence-corrected chi connectivity index (χ4v) is 2.36. The molecule has 0 bridgehead atoms. The molecule has 1 aliphatic rings. The highest BCUT2D eigenvalue weighted by atomic mass is 16.3. The third kappa shape index (κ3) is 1.49. The molecule has 0 aliphatic carbocycles. The first-order chi connectivity index (χ1) is 8.18. The Kier molecular flexibility index (Phi) is 2.27. The van der Waals surface area contributed by atoms with Gasteiger partial charge in [-0.05, 0) is 13.8 Å². The zero-order valence-corrected chi connectivity index (χ0v) is 9.86. The van der Waals surface area contributed by atoms with Crippen molar-refractivity contribution in [3.05, 3.63) is 28.8 Å². The predicted octanol–water partition coefficient (Wildman–Crippen LogP) is 0.349. The smallest absolute Gasteiger partial charge is 0.105 e. The summed E-state index contributed by atoms with van der Waals surface area (Å²) >= 11 is 0. The van der Waals surface area contributed by atoms with E-state index in [0.29, 0.717) is 13.1 Å². The van der Waals surface area contributed by atoms with Crippen molar-refractivity contribution in [2.24, 2.45) is 0 Å². The van der Waals surface area contributed by atoms with Gasteiger partial charge in [0.05, 0.1) is 23.7 Å². The molecule has 3 N–H and O–H groups in total. The molecule has 2 aromatic rings. The van der Waals surface area contributed by atoms with Crippen LogP contribution in [-0.2, 0) is 6.54 Å². The highest BCUT2D eigenvalue weighted by molar-refractivity contribution is 5.40. The van der Waals surface area contributed by atoms with Crippen molar-refractivity contribution in [1.29, 1.82) is 0 Å². The number of aromatic amines is 1. The number of nitrogens with one attached hydrogen (secondary N) is 2. The van der Waals surface area contributed by atoms with Crippen molar-refractivity contribution in [3.63, 3.8) is 0 Å². The maximum Gasteiger partial charge on any atom is 0.105 e. The molecule has 3 rings (SSSR count). The minimum atomic E-state index is -0.472. The Balaban J connectivity index is 2.17. The van der Waals surface area contributed by atoms with Crippen LogP contribution < -0.4 is 5.32 Å². The molecule has 0 saturated heterocycles. The Bertz CT molecular complexity index is 556. The molecule has 6 nitrogen and oxygen atoms in total. The average molecular weight is 233 g/mol. The molecule has 2 aromatic heterocycles. The first-order valence-electron chi connectivity index (χ1n) is 5.66. The molecular formula is C11H15N5O. The molecule has 6 heteroatoms. The van der Waals surface area contributed by atoms with Gasteiger partial charge in [0.15, 0.2) is 0 Å². The number of β-amino-alcohol motifs (C(OH)–C–C–N with tert-alkyl or cyclic N) is 1. The number of aromatic nitrogens is 4. The zero-order valence-electron chi connectivity index (χ0n) is 9.86. The van der Waals surface area contributed by atoms with Gasteiger partial charge in [0.1, 0.15) is 5.69 Å². The van der Waals surface area contributed by atoms with Gasteiger partial charge in [-0.3, -0.25) is 5.10 Å². The van der Waals surface area contributed by atoms with Gasteiger partial charge in [-0.2, -0.15) is 10.2 Å². The number of rotatable bonds is 1. The fourth-order valence-electron chi connectivity index (χ4n) is 2.36. The molecule has 1 aliphatic heterocycles. The van der Waals surface area contributed by atoms with Crippen molar-refractivity contribution in [2.45, 2.75) is 26.5 Å². The summed E-state index contributed by atoms with van der Waals surface area (Å²) in [7, 11) is 0. The van der Waals surface area contributed by atoms with Gasteiger partial charge in [0.2, 0.25) is 0 Å². The number of aliphatic hydroxyl groups excluding tert-OH is 1. The van der Waals surface area contributed by atoms with Crippen molar-refractivity contribution in [1.82, 2.24) is 25.3 Å². The maximum atomic E-state index is 9.98. The molecule has 17 heavy (non-hydrogen) atoms. The van der Waals surface area contributed by atoms with Crippen molar-refractivity contribution in [3.8, 4) is 5.69 Å². The lowest BCUT2D eigenvalue weighted by Gasteiger charge is -2.18. The van der Waals surface area contributed by atoms with E-state index in [1.807, 2.05) is 18.5 Å². The number of fused-ring (bicyclic) bond motifs is 1. The summed E-state index contributed by atoms with van der Waals surface area (Å²) in [5.74, 6) is 0. The first-order valence-corrected chi connectivity index (χ1v) is 5.66. The minimum absolute atomic E-state index is 0.472. The SMILES string of the molecule is Cc1[nH]ncc1-n1nc2c(c1C)C(O)CNC2. The molecule has 3 heterocycles. The summed E-state index contributed by atoms with van der Waals surface area (Å²) in [6.07, 6.45) is 1.28. The van der Waals surface area contributed by atoms with Crippen LogP contribution in [0.2, 0.25) is 0 Å². The van der Waals surface area contributed by atoms with Gasteiger partial charge in [-0.1, -0.05) is 0 Å². The summed E-state index contributed by atoms with van der Waals surface area (Å²) in [4.78, 5) is 0. The number of aliphatic hydroxyl groups is 1. The third-order valence-electron chi connectivity index (χ3n) is 3.23. The molecule has 1 atom stereocenters. The topological polar surface area (TPSA) is 78.8 Å². The van der Waals surface area contributed by atoms with Gasteiger partial charge >= 0.3 is 0 Å². The average Bonchev–Trinajstić information content (AvgIpc) is 2.84. The molecular weight excluding hydrogens is 218 g/mol. The van der Waals surface area contributed by atoms with E-state index in [2.05, 4.69) is 20.6 Å². The van der Waals surface area contributed by atoms with Crippen LogP contribution in [-0.4, -0.2) is 31.6 Å². The van der Waals surface area contributed by atoms with Crippen molar-refractivity contribution >= 4 is 0 Å². The summed E-state index contributed by atoms with van der Waals surface area (Å²) in [6.45, 7) is 5.23. The fraction of sp³-hybridized carbons (Fsp3) is 0.455. The van der Waals surface area contributed by atoms with Crippen molar-refractivity contribution < 1.29 is 5.11 Å². The highest BCUT2D eigenvalue weighted by Crippen LogP contribution is 2.27. The second-order valence-corrected chi connectivity index (χ2v) is 4.38. The standard InChI is InChI=1S/C11H15N5O/c1-6-9(4-13-14-6)16-7(2)11-8(15-16)3-12-5-10(11)17/h4,10,12,17H,3,5H2,1-2H3,(H,13,14). The van der Waals surface area contributed by atoms with Gasteiger partial charge in [0, 0.05) is 24.3 Å². The lowest BCUT2D eigenvalue weighted by molar-refractivity contribution is 0.164. The van der Waals surface area contributed by atoms with Gasteiger partial charge in [-0.15, -0.1) is 0 Å². The van der Waals surface area contributed by atoms with E-state index in [-0.39, 0.29) is 0 Å². The van der Waals surface area contributed by atoms with Gasteiger partial charge < -0.3 is 10.4 Å². The number of aryl methyl sites for hydroxylation is 1. The summed E-state index contributed by atoms with van der Waals surface area (Å²) in [5, 5.41) is 24.6. The zero-order chi connectivity index (χ0) is 12.0. The van der Waals surface area contributed by atoms with Crippen LogP contribution in [0.1, 0.15) is 28.7 Å². The Hall–Kier alpha value is -1.66. The quantitative estimate of drug-likeness (QED) is 0.664. The largest absolute Gasteiger partial charge is 0.387 e. The lowest BCUT2D eigenvalue weighted by Crippen LogP contribution is -2.27. The van der Waals surface area contributed by atoms with Crippen molar-refractivity contribution in [2.75, 3.05) is 6.54 Å². The number of hydrogen-bond acceptors (Lipinski definition) is 4. The summed E-state index contributed by atoms with van der Waals surface area (Å²) in [6, 6.07) is 0. The van der Waals surface area contributed by atoms with Gasteiger partial charge in [-0.25, -0.2) is 4.68 Å². The predicted molar refractivity (Wildman–Crippen MR) is 61.9 cm³/mol. The van der Waals surface area contributed by atoms with Crippen LogP contribution in [0, 0.1) is 13.8 Å². The molecule has 0 aromatic carbocycles. The van der Waals surface area contributed by atoms with E-state index in [4.69, 9.17) is 0 Å². The van der Waals surface area contributed by atoms with Crippen LogP contribution in [0.5, 0.6) is 0 Å². The van der Waals surface area contributed by atoms with E-state index in [0.717, 1.165) is 28.3 Å². The first kappa shape index (κ1) is 10.5. The van der Waals surface area contributed by atoms with E-state index < -0.39 is 6.10 Å². The molecule has 0 fully saturated rings. The Morgan fingerprint density at radius 1 is 1.47 bits per heavy atom. The molecule has 0 radical (unpaired) electrons. The lowest BCUT2D eigenvalue weighted by atomic mass is 10.0. The minimum Gasteiger partial charge on any atom is -0.387 e. The molecule has 0 spiro atoms. The second-order valence-electron chi connectivity index (χ2n) is 4.38. The molecule has 0 saturated carbocycles. The Morgan fingerprint density at radius 3 is 2.94 bits per heavy atom. The normalized spacial score (nSPS) is 19.4. The molecule has 0 amide bonds. The monoisotopic (exact) mass is 233 g/mol. The van der Waals surface area contributed by atoms with Crippen LogP contribution in [0.3, 0.4) is 0 Å². The van der Waals surface area contributed by atoms with E-state index in [1.165, 1.54) is 0 Å². The Morgan fingerprint density at radius 2 is 2.29 bits per heavy atom. The number of H-pyrrole nitrogens is 1.